The van der Waals surface area contributed by atoms with Crippen molar-refractivity contribution in [3.63, 3.8) is 0 Å². The standard InChI is InChI=1S/C27H18Cl2N6O/c1-16-11-12-30-15-23(16)27(36,18-5-8-20(28)9-6-18)19-7-10-24-22(14-19)25(17-3-2-4-21(29)13-17)31-26-32-33-34-35(24)26/h2-15,36H,1H3. The Bertz CT molecular complexity index is 1750. The summed E-state index contributed by atoms with van der Waals surface area (Å²) in [5, 5.41) is 26.3. The Kier molecular flexibility index (Phi) is 5.41. The molecule has 3 heterocycles. The van der Waals surface area contributed by atoms with Crippen LogP contribution in [0.1, 0.15) is 22.3 Å². The van der Waals surface area contributed by atoms with E-state index in [-0.39, 0.29) is 0 Å². The first-order chi connectivity index (χ1) is 17.4. The Morgan fingerprint density at radius 3 is 2.47 bits per heavy atom. The predicted molar refractivity (Wildman–Crippen MR) is 139 cm³/mol. The molecule has 0 amide bonds. The molecule has 0 aliphatic carbocycles. The molecule has 176 valence electrons. The lowest BCUT2D eigenvalue weighted by Crippen LogP contribution is -2.30. The number of rotatable bonds is 4. The zero-order valence-electron chi connectivity index (χ0n) is 19.0. The van der Waals surface area contributed by atoms with E-state index in [0.29, 0.717) is 38.2 Å². The fourth-order valence-electron chi connectivity index (χ4n) is 4.57. The molecular formula is C27H18Cl2N6O. The van der Waals surface area contributed by atoms with Gasteiger partial charge in [0.25, 0.3) is 5.78 Å². The monoisotopic (exact) mass is 512 g/mol. The molecule has 1 N–H and O–H groups in total. The Morgan fingerprint density at radius 2 is 1.69 bits per heavy atom. The van der Waals surface area contributed by atoms with Gasteiger partial charge in [-0.3, -0.25) is 4.98 Å². The molecule has 0 aliphatic heterocycles. The van der Waals surface area contributed by atoms with Crippen LogP contribution in [0.5, 0.6) is 0 Å². The summed E-state index contributed by atoms with van der Waals surface area (Å²) in [4.78, 5) is 9.04. The quantitative estimate of drug-likeness (QED) is 0.329. The van der Waals surface area contributed by atoms with E-state index in [1.54, 1.807) is 35.1 Å². The zero-order chi connectivity index (χ0) is 24.9. The van der Waals surface area contributed by atoms with Crippen LogP contribution in [-0.4, -0.2) is 35.1 Å². The number of hydrogen-bond acceptors (Lipinski definition) is 6. The summed E-state index contributed by atoms with van der Waals surface area (Å²) in [7, 11) is 0. The van der Waals surface area contributed by atoms with Crippen molar-refractivity contribution in [2.75, 3.05) is 0 Å². The summed E-state index contributed by atoms with van der Waals surface area (Å²) in [5.41, 5.74) is 3.53. The van der Waals surface area contributed by atoms with Crippen LogP contribution in [0, 0.1) is 6.92 Å². The molecule has 0 aliphatic rings. The summed E-state index contributed by atoms with van der Waals surface area (Å²) in [6.07, 6.45) is 3.39. The minimum atomic E-state index is -1.52. The number of benzene rings is 3. The fraction of sp³-hybridized carbons (Fsp3) is 0.0741. The van der Waals surface area contributed by atoms with Crippen molar-refractivity contribution < 1.29 is 5.11 Å². The van der Waals surface area contributed by atoms with E-state index < -0.39 is 5.60 Å². The molecule has 3 aromatic heterocycles. The van der Waals surface area contributed by atoms with Gasteiger partial charge in [0.2, 0.25) is 0 Å². The van der Waals surface area contributed by atoms with E-state index in [0.717, 1.165) is 22.0 Å². The van der Waals surface area contributed by atoms with Gasteiger partial charge in [-0.25, -0.2) is 4.98 Å². The number of fused-ring (bicyclic) bond motifs is 3. The largest absolute Gasteiger partial charge is 0.376 e. The van der Waals surface area contributed by atoms with Crippen LogP contribution in [0.25, 0.3) is 27.9 Å². The van der Waals surface area contributed by atoms with Crippen molar-refractivity contribution in [2.24, 2.45) is 0 Å². The molecule has 1 unspecified atom stereocenters. The zero-order valence-corrected chi connectivity index (χ0v) is 20.5. The SMILES string of the molecule is Cc1ccncc1C(O)(c1ccc(Cl)cc1)c1ccc2c(c1)c(-c1cccc(Cl)c1)nc1nnnn12. The maximum atomic E-state index is 12.5. The van der Waals surface area contributed by atoms with Crippen LogP contribution in [0.3, 0.4) is 0 Å². The number of pyridine rings is 1. The highest BCUT2D eigenvalue weighted by molar-refractivity contribution is 6.31. The predicted octanol–water partition coefficient (Wildman–Crippen LogP) is 5.63. The summed E-state index contributed by atoms with van der Waals surface area (Å²) in [6, 6.07) is 22.1. The fourth-order valence-corrected chi connectivity index (χ4v) is 4.89. The van der Waals surface area contributed by atoms with Crippen LogP contribution in [0.4, 0.5) is 0 Å². The first kappa shape index (κ1) is 22.5. The van der Waals surface area contributed by atoms with E-state index in [1.165, 1.54) is 0 Å². The molecule has 1 atom stereocenters. The Labute approximate surface area is 216 Å². The van der Waals surface area contributed by atoms with E-state index in [2.05, 4.69) is 20.5 Å². The number of nitrogens with zero attached hydrogens (tertiary/aromatic N) is 6. The third-order valence-corrected chi connectivity index (χ3v) is 6.84. The Morgan fingerprint density at radius 1 is 0.889 bits per heavy atom. The van der Waals surface area contributed by atoms with Gasteiger partial charge in [0.15, 0.2) is 0 Å². The number of aliphatic hydroxyl groups is 1. The molecule has 6 aromatic rings. The highest BCUT2D eigenvalue weighted by Crippen LogP contribution is 2.40. The van der Waals surface area contributed by atoms with Crippen LogP contribution >= 0.6 is 23.2 Å². The number of halogens is 2. The van der Waals surface area contributed by atoms with Gasteiger partial charge in [0.05, 0.1) is 11.2 Å². The third kappa shape index (κ3) is 3.60. The average Bonchev–Trinajstić information content (AvgIpc) is 3.37. The van der Waals surface area contributed by atoms with Gasteiger partial charge in [-0.15, -0.1) is 0 Å². The third-order valence-electron chi connectivity index (χ3n) is 6.35. The van der Waals surface area contributed by atoms with Crippen molar-refractivity contribution >= 4 is 39.9 Å². The number of hydrogen-bond donors (Lipinski definition) is 1. The number of aryl methyl sites for hydroxylation is 1. The molecule has 0 fully saturated rings. The number of aromatic nitrogens is 6. The Balaban J connectivity index is 1.69. The molecule has 36 heavy (non-hydrogen) atoms. The van der Waals surface area contributed by atoms with E-state index in [1.807, 2.05) is 61.5 Å². The van der Waals surface area contributed by atoms with Gasteiger partial charge >= 0.3 is 0 Å². The summed E-state index contributed by atoms with van der Waals surface area (Å²) in [5.74, 6) is 0.362. The lowest BCUT2D eigenvalue weighted by atomic mass is 9.79. The molecule has 3 aromatic carbocycles. The van der Waals surface area contributed by atoms with E-state index >= 15 is 0 Å². The van der Waals surface area contributed by atoms with Crippen LogP contribution in [0.15, 0.2) is 85.2 Å². The lowest BCUT2D eigenvalue weighted by Gasteiger charge is -2.31. The highest BCUT2D eigenvalue weighted by Gasteiger charge is 2.36. The highest BCUT2D eigenvalue weighted by atomic mass is 35.5. The molecule has 0 bridgehead atoms. The molecule has 0 radical (unpaired) electrons. The molecule has 9 heteroatoms. The van der Waals surface area contributed by atoms with Crippen molar-refractivity contribution in [3.05, 3.63) is 117 Å². The average molecular weight is 513 g/mol. The van der Waals surface area contributed by atoms with E-state index in [9.17, 15) is 5.11 Å². The molecule has 0 saturated heterocycles. The van der Waals surface area contributed by atoms with Gasteiger partial charge < -0.3 is 5.11 Å². The molecule has 7 nitrogen and oxygen atoms in total. The second-order valence-electron chi connectivity index (χ2n) is 8.50. The van der Waals surface area contributed by atoms with Crippen LogP contribution in [-0.2, 0) is 5.60 Å². The van der Waals surface area contributed by atoms with Gasteiger partial charge in [-0.05, 0) is 76.5 Å². The van der Waals surface area contributed by atoms with Gasteiger partial charge in [0, 0.05) is 39.0 Å². The number of tetrazole rings is 1. The molecule has 0 spiro atoms. The second kappa shape index (κ2) is 8.64. The van der Waals surface area contributed by atoms with Crippen molar-refractivity contribution in [1.29, 1.82) is 0 Å². The maximum Gasteiger partial charge on any atom is 0.274 e. The molecular weight excluding hydrogens is 495 g/mol. The van der Waals surface area contributed by atoms with Crippen molar-refractivity contribution in [3.8, 4) is 11.3 Å². The maximum absolute atomic E-state index is 12.5. The van der Waals surface area contributed by atoms with Crippen molar-refractivity contribution in [2.45, 2.75) is 12.5 Å². The van der Waals surface area contributed by atoms with Gasteiger partial charge in [-0.2, -0.15) is 4.52 Å². The minimum Gasteiger partial charge on any atom is -0.376 e. The lowest BCUT2D eigenvalue weighted by molar-refractivity contribution is 0.125. The first-order valence-electron chi connectivity index (χ1n) is 11.1. The smallest absolute Gasteiger partial charge is 0.274 e. The van der Waals surface area contributed by atoms with Gasteiger partial charge in [0.1, 0.15) is 5.60 Å². The Hall–Kier alpha value is -3.91. The second-order valence-corrected chi connectivity index (χ2v) is 9.37. The summed E-state index contributed by atoms with van der Waals surface area (Å²) < 4.78 is 1.57. The van der Waals surface area contributed by atoms with Crippen LogP contribution in [0.2, 0.25) is 10.0 Å². The summed E-state index contributed by atoms with van der Waals surface area (Å²) >= 11 is 12.5. The van der Waals surface area contributed by atoms with Crippen molar-refractivity contribution in [1.82, 2.24) is 30.0 Å². The van der Waals surface area contributed by atoms with Crippen LogP contribution < -0.4 is 0 Å². The van der Waals surface area contributed by atoms with E-state index in [4.69, 9.17) is 28.2 Å². The summed E-state index contributed by atoms with van der Waals surface area (Å²) in [6.45, 7) is 1.95. The van der Waals surface area contributed by atoms with Gasteiger partial charge in [-0.1, -0.05) is 58.6 Å². The normalized spacial score (nSPS) is 13.2. The molecule has 6 rings (SSSR count). The first-order valence-corrected chi connectivity index (χ1v) is 11.9. The minimum absolute atomic E-state index is 0.362. The topological polar surface area (TPSA) is 89.1 Å². The molecule has 0 saturated carbocycles.